The second-order valence-corrected chi connectivity index (χ2v) is 11.3. The Morgan fingerprint density at radius 3 is 1.74 bits per heavy atom. The fraction of sp³-hybridized carbons (Fsp3) is 0. The molecular weight excluding hydrogens is 547 g/mol. The molecule has 5 aromatic carbocycles. The van der Waals surface area contributed by atoms with Crippen LogP contribution in [0.1, 0.15) is 0 Å². The van der Waals surface area contributed by atoms with Gasteiger partial charge in [-0.3, -0.25) is 0 Å². The molecule has 5 nitrogen and oxygen atoms in total. The van der Waals surface area contributed by atoms with Gasteiger partial charge in [-0.05, 0) is 34.4 Å². The number of rotatable bonds is 5. The summed E-state index contributed by atoms with van der Waals surface area (Å²) in [6.45, 7) is 0. The second-order valence-electron chi connectivity index (χ2n) is 10.2. The van der Waals surface area contributed by atoms with Crippen molar-refractivity contribution in [3.63, 3.8) is 0 Å². The summed E-state index contributed by atoms with van der Waals surface area (Å²) in [5.74, 6) is 1.91. The highest BCUT2D eigenvalue weighted by molar-refractivity contribution is 7.26. The van der Waals surface area contributed by atoms with Gasteiger partial charge < -0.3 is 0 Å². The Hall–Kier alpha value is -5.59. The Balaban J connectivity index is 1.28. The van der Waals surface area contributed by atoms with Gasteiger partial charge in [0.25, 0.3) is 0 Å². The van der Waals surface area contributed by atoms with Crippen molar-refractivity contribution < 1.29 is 0 Å². The molecule has 8 aromatic rings. The first-order valence-electron chi connectivity index (χ1n) is 14.0. The normalized spacial score (nSPS) is 11.3. The number of nitrogens with zero attached hydrogens (tertiary/aromatic N) is 5. The molecule has 0 aliphatic rings. The average molecular weight is 570 g/mol. The van der Waals surface area contributed by atoms with Crippen LogP contribution in [0.15, 0.2) is 140 Å². The summed E-state index contributed by atoms with van der Waals surface area (Å²) in [6.07, 6.45) is 3.50. The van der Waals surface area contributed by atoms with Gasteiger partial charge in [0.2, 0.25) is 0 Å². The number of hydrogen-bond acceptors (Lipinski definition) is 6. The third kappa shape index (κ3) is 4.74. The van der Waals surface area contributed by atoms with E-state index in [1.807, 2.05) is 42.6 Å². The quantitative estimate of drug-likeness (QED) is 0.207. The zero-order chi connectivity index (χ0) is 28.6. The molecule has 0 radical (unpaired) electrons. The van der Waals surface area contributed by atoms with Gasteiger partial charge in [-0.2, -0.15) is 0 Å². The van der Waals surface area contributed by atoms with Crippen molar-refractivity contribution in [3.8, 4) is 56.4 Å². The Morgan fingerprint density at radius 1 is 0.465 bits per heavy atom. The van der Waals surface area contributed by atoms with E-state index in [4.69, 9.17) is 15.0 Å². The van der Waals surface area contributed by atoms with E-state index in [0.29, 0.717) is 17.5 Å². The molecule has 0 aliphatic carbocycles. The van der Waals surface area contributed by atoms with Gasteiger partial charge in [0, 0.05) is 33.0 Å². The zero-order valence-corrected chi connectivity index (χ0v) is 23.7. The SMILES string of the molecule is c1ccc(-c2cccc(-c3nc(-c4ccccc4)nc(-c4cccc(-c5cccc6c5sc5cncnc56)c4)n3)c2)cc1. The molecule has 3 heterocycles. The lowest BCUT2D eigenvalue weighted by Crippen LogP contribution is -2.00. The summed E-state index contributed by atoms with van der Waals surface area (Å²) in [5.41, 5.74) is 8.30. The highest BCUT2D eigenvalue weighted by Crippen LogP contribution is 2.39. The van der Waals surface area contributed by atoms with E-state index in [1.165, 1.54) is 4.70 Å². The monoisotopic (exact) mass is 569 g/mol. The maximum Gasteiger partial charge on any atom is 0.164 e. The van der Waals surface area contributed by atoms with Crippen LogP contribution in [0.4, 0.5) is 0 Å². The molecular formula is C37H23N5S. The molecule has 0 spiro atoms. The Bertz CT molecular complexity index is 2240. The van der Waals surface area contributed by atoms with Gasteiger partial charge in [0.1, 0.15) is 6.33 Å². The number of benzene rings is 5. The first kappa shape index (κ1) is 25.1. The second kappa shape index (κ2) is 10.7. The van der Waals surface area contributed by atoms with Crippen LogP contribution in [0.25, 0.3) is 76.7 Å². The fourth-order valence-corrected chi connectivity index (χ4v) is 6.57. The van der Waals surface area contributed by atoms with E-state index in [-0.39, 0.29) is 0 Å². The van der Waals surface area contributed by atoms with Crippen LogP contribution in [-0.2, 0) is 0 Å². The first-order valence-corrected chi connectivity index (χ1v) is 14.8. The van der Waals surface area contributed by atoms with Gasteiger partial charge in [0.05, 0.1) is 10.2 Å². The van der Waals surface area contributed by atoms with Crippen LogP contribution in [-0.4, -0.2) is 24.9 Å². The molecule has 202 valence electrons. The van der Waals surface area contributed by atoms with Crippen molar-refractivity contribution in [2.45, 2.75) is 0 Å². The maximum atomic E-state index is 5.03. The number of fused-ring (bicyclic) bond motifs is 3. The van der Waals surface area contributed by atoms with Gasteiger partial charge in [-0.15, -0.1) is 11.3 Å². The van der Waals surface area contributed by atoms with Crippen LogP contribution in [0.2, 0.25) is 0 Å². The summed E-state index contributed by atoms with van der Waals surface area (Å²) in [5, 5.41) is 1.14. The number of aromatic nitrogens is 5. The topological polar surface area (TPSA) is 64.5 Å². The average Bonchev–Trinajstić information content (AvgIpc) is 3.48. The smallest absolute Gasteiger partial charge is 0.164 e. The molecule has 43 heavy (non-hydrogen) atoms. The highest BCUT2D eigenvalue weighted by atomic mass is 32.1. The van der Waals surface area contributed by atoms with E-state index in [0.717, 1.165) is 54.5 Å². The number of hydrogen-bond donors (Lipinski definition) is 0. The van der Waals surface area contributed by atoms with Gasteiger partial charge in [-0.25, -0.2) is 24.9 Å². The van der Waals surface area contributed by atoms with E-state index in [1.54, 1.807) is 17.7 Å². The lowest BCUT2D eigenvalue weighted by molar-refractivity contribution is 1.07. The lowest BCUT2D eigenvalue weighted by Gasteiger charge is -2.11. The Labute approximate surface area is 252 Å². The van der Waals surface area contributed by atoms with Crippen molar-refractivity contribution in [3.05, 3.63) is 140 Å². The molecule has 0 amide bonds. The molecule has 0 N–H and O–H groups in total. The molecule has 0 aliphatic heterocycles. The van der Waals surface area contributed by atoms with Crippen LogP contribution >= 0.6 is 11.3 Å². The summed E-state index contributed by atoms with van der Waals surface area (Å²) < 4.78 is 2.27. The lowest BCUT2D eigenvalue weighted by atomic mass is 10.0. The molecule has 0 saturated heterocycles. The maximum absolute atomic E-state index is 5.03. The molecule has 0 fully saturated rings. The summed E-state index contributed by atoms with van der Waals surface area (Å²) >= 11 is 1.72. The third-order valence-corrected chi connectivity index (χ3v) is 8.65. The van der Waals surface area contributed by atoms with Crippen LogP contribution in [0.3, 0.4) is 0 Å². The number of thiophene rings is 1. The molecule has 8 rings (SSSR count). The summed E-state index contributed by atoms with van der Waals surface area (Å²) in [4.78, 5) is 23.7. The molecule has 0 unspecified atom stereocenters. The minimum atomic E-state index is 0.630. The van der Waals surface area contributed by atoms with E-state index < -0.39 is 0 Å². The van der Waals surface area contributed by atoms with Crippen molar-refractivity contribution in [1.82, 2.24) is 24.9 Å². The van der Waals surface area contributed by atoms with E-state index in [2.05, 4.69) is 101 Å². The minimum Gasteiger partial charge on any atom is -0.243 e. The molecule has 0 atom stereocenters. The predicted molar refractivity (Wildman–Crippen MR) is 175 cm³/mol. The van der Waals surface area contributed by atoms with Crippen molar-refractivity contribution >= 4 is 31.6 Å². The standard InChI is InChI=1S/C37H23N5S/c1-3-10-24(11-4-1)26-14-7-16-28(20-26)36-40-35(25-12-5-2-6-13-25)41-37(42-36)29-17-8-15-27(21-29)30-18-9-19-31-33-32(43-34(30)31)22-38-23-39-33/h1-23H. The molecule has 0 bridgehead atoms. The Kier molecular flexibility index (Phi) is 6.24. The summed E-state index contributed by atoms with van der Waals surface area (Å²) in [7, 11) is 0. The van der Waals surface area contributed by atoms with Crippen molar-refractivity contribution in [2.75, 3.05) is 0 Å². The van der Waals surface area contributed by atoms with Crippen LogP contribution in [0, 0.1) is 0 Å². The zero-order valence-electron chi connectivity index (χ0n) is 22.9. The van der Waals surface area contributed by atoms with Crippen molar-refractivity contribution in [1.29, 1.82) is 0 Å². The van der Waals surface area contributed by atoms with Crippen LogP contribution < -0.4 is 0 Å². The highest BCUT2D eigenvalue weighted by Gasteiger charge is 2.15. The first-order chi connectivity index (χ1) is 21.3. The molecule has 6 heteroatoms. The fourth-order valence-electron chi connectivity index (χ4n) is 5.41. The third-order valence-electron chi connectivity index (χ3n) is 7.49. The van der Waals surface area contributed by atoms with E-state index >= 15 is 0 Å². The molecule has 0 saturated carbocycles. The minimum absolute atomic E-state index is 0.630. The van der Waals surface area contributed by atoms with Gasteiger partial charge >= 0.3 is 0 Å². The Morgan fingerprint density at radius 2 is 1.02 bits per heavy atom. The summed E-state index contributed by atoms with van der Waals surface area (Å²) in [6, 6.07) is 43.6. The van der Waals surface area contributed by atoms with Crippen LogP contribution in [0.5, 0.6) is 0 Å². The van der Waals surface area contributed by atoms with Gasteiger partial charge in [0.15, 0.2) is 17.5 Å². The van der Waals surface area contributed by atoms with Crippen molar-refractivity contribution in [2.24, 2.45) is 0 Å². The molecule has 3 aromatic heterocycles. The van der Waals surface area contributed by atoms with Gasteiger partial charge in [-0.1, -0.05) is 115 Å². The predicted octanol–water partition coefficient (Wildman–Crippen LogP) is 9.36. The largest absolute Gasteiger partial charge is 0.243 e. The van der Waals surface area contributed by atoms with E-state index in [9.17, 15) is 0 Å².